The van der Waals surface area contributed by atoms with Crippen LogP contribution >= 0.6 is 0 Å². The summed E-state index contributed by atoms with van der Waals surface area (Å²) in [5.74, 6) is 0.375. The number of aromatic nitrogens is 1. The molecule has 0 bridgehead atoms. The standard InChI is InChI=1S/C14H20N4O3/c1-2-9-3-5-10(6-4-9)17-14(19)11-7-13(15)16-8-12(11)18(20)21/h7-10H,2-6H2,1H3,(H2,15,16)(H,17,19). The summed E-state index contributed by atoms with van der Waals surface area (Å²) in [6.07, 6.45) is 6.19. The van der Waals surface area contributed by atoms with Crippen LogP contribution in [0.25, 0.3) is 0 Å². The van der Waals surface area contributed by atoms with Crippen molar-refractivity contribution < 1.29 is 9.72 Å². The second kappa shape index (κ2) is 6.51. The van der Waals surface area contributed by atoms with Gasteiger partial charge in [-0.1, -0.05) is 13.3 Å². The van der Waals surface area contributed by atoms with Crippen LogP contribution in [-0.4, -0.2) is 21.9 Å². The summed E-state index contributed by atoms with van der Waals surface area (Å²) in [4.78, 5) is 26.3. The number of carbonyl (C=O) groups is 1. The molecule has 0 spiro atoms. The highest BCUT2D eigenvalue weighted by atomic mass is 16.6. The second-order valence-electron chi connectivity index (χ2n) is 5.48. The van der Waals surface area contributed by atoms with Crippen molar-refractivity contribution >= 4 is 17.4 Å². The smallest absolute Gasteiger partial charge is 0.300 e. The molecule has 0 atom stereocenters. The Morgan fingerprint density at radius 1 is 1.48 bits per heavy atom. The largest absolute Gasteiger partial charge is 0.384 e. The fourth-order valence-corrected chi connectivity index (χ4v) is 2.77. The van der Waals surface area contributed by atoms with Gasteiger partial charge >= 0.3 is 0 Å². The zero-order valence-electron chi connectivity index (χ0n) is 12.0. The SMILES string of the molecule is CCC1CCC(NC(=O)c2cc(N)ncc2[N+](=O)[O-])CC1. The van der Waals surface area contributed by atoms with E-state index in [9.17, 15) is 14.9 Å². The van der Waals surface area contributed by atoms with Gasteiger partial charge in [-0.2, -0.15) is 0 Å². The molecule has 0 aromatic carbocycles. The molecule has 1 aromatic heterocycles. The molecule has 1 amide bonds. The number of carbonyl (C=O) groups excluding carboxylic acids is 1. The van der Waals surface area contributed by atoms with E-state index < -0.39 is 10.8 Å². The minimum atomic E-state index is -0.616. The molecule has 0 saturated heterocycles. The van der Waals surface area contributed by atoms with Gasteiger partial charge in [0.25, 0.3) is 11.6 Å². The normalized spacial score (nSPS) is 21.8. The molecule has 0 aliphatic heterocycles. The summed E-state index contributed by atoms with van der Waals surface area (Å²) in [5.41, 5.74) is 5.18. The van der Waals surface area contributed by atoms with Crippen molar-refractivity contribution in [3.05, 3.63) is 27.9 Å². The Kier molecular flexibility index (Phi) is 4.72. The number of nitrogens with one attached hydrogen (secondary N) is 1. The molecule has 1 aliphatic carbocycles. The van der Waals surface area contributed by atoms with Crippen LogP contribution in [0.3, 0.4) is 0 Å². The van der Waals surface area contributed by atoms with E-state index in [0.717, 1.165) is 44.2 Å². The van der Waals surface area contributed by atoms with Crippen LogP contribution < -0.4 is 11.1 Å². The molecule has 7 heteroatoms. The molecule has 1 aromatic rings. The van der Waals surface area contributed by atoms with Gasteiger partial charge in [-0.15, -0.1) is 0 Å². The zero-order chi connectivity index (χ0) is 15.4. The van der Waals surface area contributed by atoms with E-state index in [0.29, 0.717) is 0 Å². The minimum absolute atomic E-state index is 0.0230. The number of amides is 1. The maximum absolute atomic E-state index is 12.2. The number of hydrogen-bond acceptors (Lipinski definition) is 5. The van der Waals surface area contributed by atoms with E-state index in [1.807, 2.05) is 0 Å². The Bertz CT molecular complexity index is 539. The quantitative estimate of drug-likeness (QED) is 0.653. The Balaban J connectivity index is 2.07. The average molecular weight is 292 g/mol. The minimum Gasteiger partial charge on any atom is -0.384 e. The van der Waals surface area contributed by atoms with E-state index in [1.165, 1.54) is 6.07 Å². The molecule has 2 rings (SSSR count). The van der Waals surface area contributed by atoms with Gasteiger partial charge in [0.1, 0.15) is 17.6 Å². The van der Waals surface area contributed by atoms with Gasteiger partial charge < -0.3 is 11.1 Å². The van der Waals surface area contributed by atoms with Crippen LogP contribution in [0.5, 0.6) is 0 Å². The van der Waals surface area contributed by atoms with Gasteiger partial charge in [0, 0.05) is 6.04 Å². The Morgan fingerprint density at radius 3 is 2.71 bits per heavy atom. The molecule has 0 unspecified atom stereocenters. The molecule has 7 nitrogen and oxygen atoms in total. The molecule has 0 radical (unpaired) electrons. The number of nitrogens with two attached hydrogens (primary N) is 1. The maximum atomic E-state index is 12.2. The predicted molar refractivity (Wildman–Crippen MR) is 78.8 cm³/mol. The van der Waals surface area contributed by atoms with Crippen molar-refractivity contribution in [2.75, 3.05) is 5.73 Å². The van der Waals surface area contributed by atoms with Crippen LogP contribution in [0.1, 0.15) is 49.4 Å². The predicted octanol–water partition coefficient (Wildman–Crippen LogP) is 2.27. The van der Waals surface area contributed by atoms with Crippen LogP contribution in [0, 0.1) is 16.0 Å². The average Bonchev–Trinajstić information content (AvgIpc) is 2.47. The van der Waals surface area contributed by atoms with E-state index >= 15 is 0 Å². The second-order valence-corrected chi connectivity index (χ2v) is 5.48. The number of pyridine rings is 1. The van der Waals surface area contributed by atoms with Crippen LogP contribution in [0.4, 0.5) is 11.5 Å². The highest BCUT2D eigenvalue weighted by Gasteiger charge is 2.25. The number of nitrogen functional groups attached to an aromatic ring is 1. The molecule has 3 N–H and O–H groups in total. The van der Waals surface area contributed by atoms with Gasteiger partial charge in [0.15, 0.2) is 0 Å². The number of anilines is 1. The van der Waals surface area contributed by atoms with E-state index in [-0.39, 0.29) is 23.1 Å². The van der Waals surface area contributed by atoms with Gasteiger partial charge in [-0.05, 0) is 37.7 Å². The first kappa shape index (κ1) is 15.2. The molecule has 1 fully saturated rings. The van der Waals surface area contributed by atoms with Crippen molar-refractivity contribution in [1.29, 1.82) is 0 Å². The molecular formula is C14H20N4O3. The lowest BCUT2D eigenvalue weighted by Gasteiger charge is -2.28. The van der Waals surface area contributed by atoms with Crippen LogP contribution in [0.2, 0.25) is 0 Å². The van der Waals surface area contributed by atoms with Crippen molar-refractivity contribution in [2.45, 2.75) is 45.1 Å². The first-order valence-electron chi connectivity index (χ1n) is 7.22. The zero-order valence-corrected chi connectivity index (χ0v) is 12.0. The Labute approximate surface area is 123 Å². The first-order valence-corrected chi connectivity index (χ1v) is 7.22. The van der Waals surface area contributed by atoms with Crippen molar-refractivity contribution in [3.8, 4) is 0 Å². The molecule has 21 heavy (non-hydrogen) atoms. The number of nitro groups is 1. The fraction of sp³-hybridized carbons (Fsp3) is 0.571. The van der Waals surface area contributed by atoms with Crippen LogP contribution in [-0.2, 0) is 0 Å². The molecule has 1 heterocycles. The Hall–Kier alpha value is -2.18. The third-order valence-electron chi connectivity index (χ3n) is 4.10. The van der Waals surface area contributed by atoms with Gasteiger partial charge in [-0.25, -0.2) is 4.98 Å². The number of nitrogens with zero attached hydrogens (tertiary/aromatic N) is 2. The monoisotopic (exact) mass is 292 g/mol. The summed E-state index contributed by atoms with van der Waals surface area (Å²) in [7, 11) is 0. The molecule has 1 saturated carbocycles. The van der Waals surface area contributed by atoms with Gasteiger partial charge in [-0.3, -0.25) is 14.9 Å². The van der Waals surface area contributed by atoms with Crippen molar-refractivity contribution in [1.82, 2.24) is 10.3 Å². The van der Waals surface area contributed by atoms with E-state index in [1.54, 1.807) is 0 Å². The summed E-state index contributed by atoms with van der Waals surface area (Å²) in [6.45, 7) is 2.17. The topological polar surface area (TPSA) is 111 Å². The fourth-order valence-electron chi connectivity index (χ4n) is 2.77. The van der Waals surface area contributed by atoms with Gasteiger partial charge in [0.2, 0.25) is 0 Å². The molecular weight excluding hydrogens is 272 g/mol. The Morgan fingerprint density at radius 2 is 2.14 bits per heavy atom. The lowest BCUT2D eigenvalue weighted by Crippen LogP contribution is -2.37. The van der Waals surface area contributed by atoms with E-state index in [4.69, 9.17) is 5.73 Å². The van der Waals surface area contributed by atoms with Crippen molar-refractivity contribution in [3.63, 3.8) is 0 Å². The van der Waals surface area contributed by atoms with Crippen molar-refractivity contribution in [2.24, 2.45) is 5.92 Å². The summed E-state index contributed by atoms with van der Waals surface area (Å²) < 4.78 is 0. The number of rotatable bonds is 4. The third kappa shape index (κ3) is 3.68. The summed E-state index contributed by atoms with van der Waals surface area (Å²) in [6, 6.07) is 1.33. The van der Waals surface area contributed by atoms with Gasteiger partial charge in [0.05, 0.1) is 4.92 Å². The lowest BCUT2D eigenvalue weighted by atomic mass is 9.84. The first-order chi connectivity index (χ1) is 10.0. The number of hydrogen-bond donors (Lipinski definition) is 2. The van der Waals surface area contributed by atoms with Crippen LogP contribution in [0.15, 0.2) is 12.3 Å². The highest BCUT2D eigenvalue weighted by Crippen LogP contribution is 2.27. The molecule has 114 valence electrons. The third-order valence-corrected chi connectivity index (χ3v) is 4.10. The van der Waals surface area contributed by atoms with E-state index in [2.05, 4.69) is 17.2 Å². The molecule has 1 aliphatic rings. The summed E-state index contributed by atoms with van der Waals surface area (Å²) in [5, 5.41) is 13.8. The highest BCUT2D eigenvalue weighted by molar-refractivity contribution is 5.98. The lowest BCUT2D eigenvalue weighted by molar-refractivity contribution is -0.385. The summed E-state index contributed by atoms with van der Waals surface area (Å²) >= 11 is 0. The maximum Gasteiger partial charge on any atom is 0.300 e.